The van der Waals surface area contributed by atoms with Gasteiger partial charge in [0.1, 0.15) is 11.1 Å². The van der Waals surface area contributed by atoms with Crippen molar-refractivity contribution in [1.82, 2.24) is 9.55 Å². The second-order valence-corrected chi connectivity index (χ2v) is 7.45. The molecule has 1 amide bonds. The summed E-state index contributed by atoms with van der Waals surface area (Å²) in [7, 11) is 0. The maximum atomic E-state index is 12.8. The van der Waals surface area contributed by atoms with Gasteiger partial charge in [0.15, 0.2) is 5.16 Å². The Bertz CT molecular complexity index is 1250. The Kier molecular flexibility index (Phi) is 5.11. The first-order valence-corrected chi connectivity index (χ1v) is 10.0. The molecule has 6 nitrogen and oxygen atoms in total. The van der Waals surface area contributed by atoms with Crippen LogP contribution in [-0.2, 0) is 11.3 Å². The Labute approximate surface area is 169 Å². The zero-order chi connectivity index (χ0) is 19.7. The molecule has 0 atom stereocenters. The fourth-order valence-electron chi connectivity index (χ4n) is 2.94. The Hall–Kier alpha value is -2.77. The second-order valence-electron chi connectivity index (χ2n) is 6.07. The smallest absolute Gasteiger partial charge is 0.297 e. The van der Waals surface area contributed by atoms with Gasteiger partial charge in [0.05, 0.1) is 5.75 Å². The molecule has 0 saturated carbocycles. The number of furan rings is 1. The Balaban J connectivity index is 1.63. The summed E-state index contributed by atoms with van der Waals surface area (Å²) in [6, 6.07) is 14.3. The molecular weight excluding hydrogens is 398 g/mol. The Morgan fingerprint density at radius 2 is 2.07 bits per heavy atom. The molecule has 2 aromatic carbocycles. The van der Waals surface area contributed by atoms with Gasteiger partial charge in [-0.2, -0.15) is 0 Å². The largest absolute Gasteiger partial charge is 0.448 e. The maximum Gasteiger partial charge on any atom is 0.297 e. The number of carbonyl (C=O) groups is 1. The number of thioether (sulfide) groups is 1. The topological polar surface area (TPSA) is 77.1 Å². The quantitative estimate of drug-likeness (QED) is 0.383. The Morgan fingerprint density at radius 1 is 1.25 bits per heavy atom. The highest BCUT2D eigenvalue weighted by atomic mass is 35.5. The van der Waals surface area contributed by atoms with E-state index < -0.39 is 0 Å². The van der Waals surface area contributed by atoms with Gasteiger partial charge in [0.25, 0.3) is 5.56 Å². The molecule has 0 saturated heterocycles. The van der Waals surface area contributed by atoms with E-state index in [1.165, 1.54) is 16.3 Å². The van der Waals surface area contributed by atoms with Crippen LogP contribution in [0.1, 0.15) is 6.92 Å². The monoisotopic (exact) mass is 413 g/mol. The summed E-state index contributed by atoms with van der Waals surface area (Å²) in [6.07, 6.45) is 0. The first-order chi connectivity index (χ1) is 13.6. The number of aromatic nitrogens is 2. The molecule has 0 radical (unpaired) electrons. The summed E-state index contributed by atoms with van der Waals surface area (Å²) in [5.74, 6) is -0.0958. The van der Waals surface area contributed by atoms with Crippen LogP contribution in [0.25, 0.3) is 22.1 Å². The van der Waals surface area contributed by atoms with Crippen molar-refractivity contribution >= 4 is 57.0 Å². The number of anilines is 1. The zero-order valence-electron chi connectivity index (χ0n) is 14.9. The third kappa shape index (κ3) is 3.50. The summed E-state index contributed by atoms with van der Waals surface area (Å²) in [4.78, 5) is 29.7. The van der Waals surface area contributed by atoms with Crippen molar-refractivity contribution in [3.05, 3.63) is 63.9 Å². The molecule has 28 heavy (non-hydrogen) atoms. The maximum absolute atomic E-state index is 12.8. The van der Waals surface area contributed by atoms with Gasteiger partial charge < -0.3 is 9.73 Å². The zero-order valence-corrected chi connectivity index (χ0v) is 16.5. The van der Waals surface area contributed by atoms with Gasteiger partial charge in [-0.3, -0.25) is 14.2 Å². The molecule has 0 fully saturated rings. The fraction of sp³-hybridized carbons (Fsp3) is 0.150. The number of nitrogens with zero attached hydrogens (tertiary/aromatic N) is 2. The van der Waals surface area contributed by atoms with E-state index in [0.29, 0.717) is 33.5 Å². The molecule has 1 N–H and O–H groups in total. The first-order valence-electron chi connectivity index (χ1n) is 8.67. The van der Waals surface area contributed by atoms with Gasteiger partial charge in [-0.25, -0.2) is 4.98 Å². The lowest BCUT2D eigenvalue weighted by molar-refractivity contribution is -0.113. The summed E-state index contributed by atoms with van der Waals surface area (Å²) in [5, 5.41) is 4.59. The normalized spacial score (nSPS) is 11.2. The van der Waals surface area contributed by atoms with Gasteiger partial charge in [0, 0.05) is 22.6 Å². The van der Waals surface area contributed by atoms with Crippen LogP contribution in [0.4, 0.5) is 5.69 Å². The van der Waals surface area contributed by atoms with Crippen LogP contribution < -0.4 is 10.9 Å². The van der Waals surface area contributed by atoms with E-state index in [-0.39, 0.29) is 22.8 Å². The molecular formula is C20H16ClN3O3S. The van der Waals surface area contributed by atoms with Crippen molar-refractivity contribution in [2.45, 2.75) is 18.6 Å². The van der Waals surface area contributed by atoms with Crippen LogP contribution in [0, 0.1) is 0 Å². The molecule has 0 unspecified atom stereocenters. The first kappa shape index (κ1) is 18.6. The lowest BCUT2D eigenvalue weighted by Gasteiger charge is -2.09. The molecule has 8 heteroatoms. The van der Waals surface area contributed by atoms with Crippen LogP contribution in [0.3, 0.4) is 0 Å². The van der Waals surface area contributed by atoms with Gasteiger partial charge in [0.2, 0.25) is 11.5 Å². The average Bonchev–Trinajstić information content (AvgIpc) is 3.06. The van der Waals surface area contributed by atoms with E-state index in [1.54, 1.807) is 30.3 Å². The van der Waals surface area contributed by atoms with Crippen LogP contribution in [0.15, 0.2) is 62.9 Å². The summed E-state index contributed by atoms with van der Waals surface area (Å²) in [6.45, 7) is 2.28. The van der Waals surface area contributed by atoms with Crippen molar-refractivity contribution < 1.29 is 9.21 Å². The molecule has 0 spiro atoms. The molecule has 0 bridgehead atoms. The van der Waals surface area contributed by atoms with E-state index >= 15 is 0 Å². The molecule has 0 aliphatic heterocycles. The van der Waals surface area contributed by atoms with E-state index in [2.05, 4.69) is 10.3 Å². The van der Waals surface area contributed by atoms with Crippen LogP contribution in [0.2, 0.25) is 5.02 Å². The predicted octanol–water partition coefficient (Wildman–Crippen LogP) is 4.55. The van der Waals surface area contributed by atoms with E-state index in [4.69, 9.17) is 16.0 Å². The number of carbonyl (C=O) groups excluding carboxylic acids is 1. The number of halogens is 1. The van der Waals surface area contributed by atoms with Crippen LogP contribution >= 0.6 is 23.4 Å². The third-order valence-electron chi connectivity index (χ3n) is 4.20. The SMILES string of the molecule is CCn1c(SCC(=O)Nc2cccc(Cl)c2)nc2c(oc3ccccc32)c1=O. The summed E-state index contributed by atoms with van der Waals surface area (Å²) in [5.41, 5.74) is 1.74. The molecule has 2 aromatic heterocycles. The van der Waals surface area contributed by atoms with Gasteiger partial charge in [-0.05, 0) is 37.3 Å². The van der Waals surface area contributed by atoms with E-state index in [0.717, 1.165) is 5.39 Å². The molecule has 4 aromatic rings. The molecule has 142 valence electrons. The van der Waals surface area contributed by atoms with Crippen molar-refractivity contribution in [2.24, 2.45) is 0 Å². The minimum absolute atomic E-state index is 0.111. The van der Waals surface area contributed by atoms with E-state index in [1.807, 2.05) is 25.1 Å². The predicted molar refractivity (Wildman–Crippen MR) is 112 cm³/mol. The summed E-state index contributed by atoms with van der Waals surface area (Å²) < 4.78 is 7.22. The molecule has 0 aliphatic rings. The number of benzene rings is 2. The van der Waals surface area contributed by atoms with Crippen molar-refractivity contribution in [3.8, 4) is 0 Å². The minimum Gasteiger partial charge on any atom is -0.448 e. The standard InChI is InChI=1S/C20H16ClN3O3S/c1-2-24-19(26)18-17(14-8-3-4-9-15(14)27-18)23-20(24)28-11-16(25)22-13-7-5-6-12(21)10-13/h3-10H,2,11H2,1H3,(H,22,25). The number of fused-ring (bicyclic) bond motifs is 3. The second kappa shape index (κ2) is 7.69. The highest BCUT2D eigenvalue weighted by Gasteiger charge is 2.17. The summed E-state index contributed by atoms with van der Waals surface area (Å²) >= 11 is 7.15. The number of hydrogen-bond donors (Lipinski definition) is 1. The lowest BCUT2D eigenvalue weighted by Crippen LogP contribution is -2.23. The number of amides is 1. The van der Waals surface area contributed by atoms with Gasteiger partial charge in [-0.1, -0.05) is 41.6 Å². The van der Waals surface area contributed by atoms with Crippen LogP contribution in [0.5, 0.6) is 0 Å². The number of hydrogen-bond acceptors (Lipinski definition) is 5. The number of para-hydroxylation sites is 1. The fourth-order valence-corrected chi connectivity index (χ4v) is 3.98. The molecule has 2 heterocycles. The third-order valence-corrected chi connectivity index (χ3v) is 5.42. The van der Waals surface area contributed by atoms with Crippen molar-refractivity contribution in [1.29, 1.82) is 0 Å². The van der Waals surface area contributed by atoms with E-state index in [9.17, 15) is 9.59 Å². The lowest BCUT2D eigenvalue weighted by atomic mass is 10.2. The highest BCUT2D eigenvalue weighted by Crippen LogP contribution is 2.27. The number of nitrogens with one attached hydrogen (secondary N) is 1. The Morgan fingerprint density at radius 3 is 2.86 bits per heavy atom. The van der Waals surface area contributed by atoms with Crippen molar-refractivity contribution in [3.63, 3.8) is 0 Å². The highest BCUT2D eigenvalue weighted by molar-refractivity contribution is 7.99. The van der Waals surface area contributed by atoms with Gasteiger partial charge >= 0.3 is 0 Å². The van der Waals surface area contributed by atoms with Crippen molar-refractivity contribution in [2.75, 3.05) is 11.1 Å². The van der Waals surface area contributed by atoms with Gasteiger partial charge in [-0.15, -0.1) is 0 Å². The number of rotatable bonds is 5. The van der Waals surface area contributed by atoms with Crippen LogP contribution in [-0.4, -0.2) is 21.2 Å². The molecule has 0 aliphatic carbocycles. The molecule has 4 rings (SSSR count). The minimum atomic E-state index is -0.249. The average molecular weight is 414 g/mol.